The summed E-state index contributed by atoms with van der Waals surface area (Å²) in [7, 11) is 1.50. The zero-order valence-corrected chi connectivity index (χ0v) is 19.8. The van der Waals surface area contributed by atoms with Gasteiger partial charge >= 0.3 is 0 Å². The Morgan fingerprint density at radius 3 is 2.70 bits per heavy atom. The fourth-order valence-corrected chi connectivity index (χ4v) is 7.33. The fraction of sp³-hybridized carbons (Fsp3) is 0.615. The van der Waals surface area contributed by atoms with Gasteiger partial charge in [-0.2, -0.15) is 0 Å². The molecule has 7 nitrogen and oxygen atoms in total. The maximum Gasteiger partial charge on any atom is 0.257 e. The molecule has 1 aromatic rings. The number of ether oxygens (including phenoxy) is 2. The van der Waals surface area contributed by atoms with Gasteiger partial charge < -0.3 is 24.8 Å². The standard InChI is InChI=1S/C26H33NO6/c1-13-11-25-14(2)9-17-19(24(17,3)4)16(21(25)30)10-15(12-28)20(29)26(25,31)22(13)33-23-18(32-5)7-6-8-27-23/h6-8,10-11,14,16-17,19-20,22,28-29,31H,9,12H2,1-5H3/t14-,16+,17-,19+,20-,22+,25+,26+/m1/s1. The Labute approximate surface area is 194 Å². The number of allylic oxidation sites excluding steroid dienone is 1. The molecular weight excluding hydrogens is 422 g/mol. The quantitative estimate of drug-likeness (QED) is 0.598. The van der Waals surface area contributed by atoms with Crippen LogP contribution in [-0.2, 0) is 4.79 Å². The highest BCUT2D eigenvalue weighted by Gasteiger charge is 2.76. The van der Waals surface area contributed by atoms with Crippen molar-refractivity contribution in [2.75, 3.05) is 13.7 Å². The molecule has 1 heterocycles. The summed E-state index contributed by atoms with van der Waals surface area (Å²) >= 11 is 0. The SMILES string of the molecule is COc1cccnc1O[C@H]1C(C)=C[C@]23C(=O)[C@@H](C=C(CO)[C@@H](O)[C@]12O)[C@H]1[C@@H](C[C@H]3C)C1(C)C. The monoisotopic (exact) mass is 455 g/mol. The third-order valence-electron chi connectivity index (χ3n) is 9.08. The van der Waals surface area contributed by atoms with Crippen LogP contribution in [0.3, 0.4) is 0 Å². The average molecular weight is 456 g/mol. The molecule has 0 saturated heterocycles. The summed E-state index contributed by atoms with van der Waals surface area (Å²) < 4.78 is 11.6. The van der Waals surface area contributed by atoms with E-state index in [0.29, 0.717) is 17.2 Å². The lowest BCUT2D eigenvalue weighted by molar-refractivity contribution is -0.186. The summed E-state index contributed by atoms with van der Waals surface area (Å²) in [4.78, 5) is 18.6. The number of aliphatic hydroxyl groups is 3. The largest absolute Gasteiger partial charge is 0.491 e. The normalized spacial score (nSPS) is 42.8. The van der Waals surface area contributed by atoms with Gasteiger partial charge in [0.05, 0.1) is 19.1 Å². The number of rotatable bonds is 4. The average Bonchev–Trinajstić information content (AvgIpc) is 3.28. The Hall–Kier alpha value is -2.22. The van der Waals surface area contributed by atoms with Crippen molar-refractivity contribution < 1.29 is 29.6 Å². The van der Waals surface area contributed by atoms with Gasteiger partial charge in [-0.3, -0.25) is 4.79 Å². The summed E-state index contributed by atoms with van der Waals surface area (Å²) in [6, 6.07) is 3.41. The van der Waals surface area contributed by atoms with Crippen molar-refractivity contribution in [3.05, 3.63) is 41.6 Å². The number of hydrogen-bond acceptors (Lipinski definition) is 7. The smallest absolute Gasteiger partial charge is 0.257 e. The van der Waals surface area contributed by atoms with Crippen LogP contribution >= 0.6 is 0 Å². The van der Waals surface area contributed by atoms with E-state index in [4.69, 9.17) is 9.47 Å². The molecule has 33 heavy (non-hydrogen) atoms. The molecular formula is C26H33NO6. The number of aromatic nitrogens is 1. The van der Waals surface area contributed by atoms with Crippen LogP contribution in [0.1, 0.15) is 34.1 Å². The number of hydrogen-bond donors (Lipinski definition) is 3. The van der Waals surface area contributed by atoms with Crippen LogP contribution in [0.2, 0.25) is 0 Å². The second kappa shape index (κ2) is 7.14. The number of ketones is 1. The van der Waals surface area contributed by atoms with E-state index >= 15 is 0 Å². The molecule has 5 rings (SSSR count). The third-order valence-corrected chi connectivity index (χ3v) is 9.08. The molecule has 2 saturated carbocycles. The van der Waals surface area contributed by atoms with E-state index in [1.807, 2.05) is 13.0 Å². The first-order valence-corrected chi connectivity index (χ1v) is 11.7. The van der Waals surface area contributed by atoms with E-state index in [0.717, 1.165) is 6.42 Å². The number of carbonyl (C=O) groups excluding carboxylic acids is 1. The summed E-state index contributed by atoms with van der Waals surface area (Å²) in [5, 5.41) is 34.2. The molecule has 0 amide bonds. The third kappa shape index (κ3) is 2.67. The molecule has 0 radical (unpaired) electrons. The number of fused-ring (bicyclic) bond motifs is 3. The molecule has 178 valence electrons. The fourth-order valence-electron chi connectivity index (χ4n) is 7.33. The highest BCUT2D eigenvalue weighted by molar-refractivity contribution is 5.95. The van der Waals surface area contributed by atoms with Gasteiger partial charge in [0.2, 0.25) is 0 Å². The van der Waals surface area contributed by atoms with Crippen molar-refractivity contribution in [2.24, 2.45) is 34.5 Å². The van der Waals surface area contributed by atoms with Crippen molar-refractivity contribution in [3.8, 4) is 11.6 Å². The molecule has 0 aliphatic heterocycles. The Morgan fingerprint density at radius 2 is 2.03 bits per heavy atom. The van der Waals surface area contributed by atoms with Crippen molar-refractivity contribution in [2.45, 2.75) is 51.9 Å². The topological polar surface area (TPSA) is 109 Å². The Morgan fingerprint density at radius 1 is 1.30 bits per heavy atom. The first kappa shape index (κ1) is 22.6. The second-order valence-corrected chi connectivity index (χ2v) is 10.9. The zero-order valence-electron chi connectivity index (χ0n) is 19.8. The molecule has 3 N–H and O–H groups in total. The minimum atomic E-state index is -2.00. The Bertz CT molecular complexity index is 1060. The lowest BCUT2D eigenvalue weighted by atomic mass is 9.59. The molecule has 2 bridgehead atoms. The lowest BCUT2D eigenvalue weighted by Gasteiger charge is -2.48. The van der Waals surface area contributed by atoms with Gasteiger partial charge in [-0.1, -0.05) is 32.9 Å². The summed E-state index contributed by atoms with van der Waals surface area (Å²) in [5.74, 6) is 0.197. The maximum atomic E-state index is 14.3. The molecule has 2 fully saturated rings. The predicted molar refractivity (Wildman–Crippen MR) is 121 cm³/mol. The van der Waals surface area contributed by atoms with Crippen LogP contribution in [0.25, 0.3) is 0 Å². The number of methoxy groups -OCH3 is 1. The molecule has 8 atom stereocenters. The van der Waals surface area contributed by atoms with Crippen molar-refractivity contribution in [1.29, 1.82) is 0 Å². The van der Waals surface area contributed by atoms with Gasteiger partial charge in [0.1, 0.15) is 6.10 Å². The van der Waals surface area contributed by atoms with Crippen LogP contribution < -0.4 is 9.47 Å². The number of nitrogens with zero attached hydrogens (tertiary/aromatic N) is 1. The van der Waals surface area contributed by atoms with E-state index in [1.165, 1.54) is 7.11 Å². The number of Topliss-reactive ketones (excluding diaryl/α,β-unsaturated/α-hetero) is 1. The molecule has 4 aliphatic rings. The number of aliphatic hydroxyl groups excluding tert-OH is 2. The van der Waals surface area contributed by atoms with Crippen LogP contribution in [-0.4, -0.2) is 57.6 Å². The van der Waals surface area contributed by atoms with Gasteiger partial charge in [0, 0.05) is 12.1 Å². The molecule has 0 aromatic carbocycles. The summed E-state index contributed by atoms with van der Waals surface area (Å²) in [5.41, 5.74) is -2.43. The van der Waals surface area contributed by atoms with Gasteiger partial charge in [-0.15, -0.1) is 0 Å². The van der Waals surface area contributed by atoms with Crippen molar-refractivity contribution in [1.82, 2.24) is 4.98 Å². The highest BCUT2D eigenvalue weighted by Crippen LogP contribution is 2.71. The molecule has 7 heteroatoms. The first-order valence-electron chi connectivity index (χ1n) is 11.7. The van der Waals surface area contributed by atoms with E-state index in [2.05, 4.69) is 18.8 Å². The maximum absolute atomic E-state index is 14.3. The van der Waals surface area contributed by atoms with Crippen LogP contribution in [0, 0.1) is 34.5 Å². The number of carbonyl (C=O) groups is 1. The molecule has 4 aliphatic carbocycles. The van der Waals surface area contributed by atoms with Crippen LogP contribution in [0.4, 0.5) is 0 Å². The summed E-state index contributed by atoms with van der Waals surface area (Å²) in [6.07, 6.45) is 3.34. The van der Waals surface area contributed by atoms with Crippen LogP contribution in [0.15, 0.2) is 41.6 Å². The second-order valence-electron chi connectivity index (χ2n) is 10.9. The van der Waals surface area contributed by atoms with Gasteiger partial charge in [-0.05, 0) is 59.8 Å². The Balaban J connectivity index is 1.69. The molecule has 1 aromatic heterocycles. The van der Waals surface area contributed by atoms with E-state index in [9.17, 15) is 20.1 Å². The predicted octanol–water partition coefficient (Wildman–Crippen LogP) is 2.31. The van der Waals surface area contributed by atoms with Gasteiger partial charge in [0.15, 0.2) is 23.2 Å². The Kier molecular flexibility index (Phi) is 4.88. The minimum absolute atomic E-state index is 0.00470. The minimum Gasteiger partial charge on any atom is -0.491 e. The van der Waals surface area contributed by atoms with E-state index in [-0.39, 0.29) is 34.5 Å². The van der Waals surface area contributed by atoms with E-state index in [1.54, 1.807) is 31.3 Å². The first-order chi connectivity index (χ1) is 15.5. The van der Waals surface area contributed by atoms with Crippen molar-refractivity contribution in [3.63, 3.8) is 0 Å². The lowest BCUT2D eigenvalue weighted by Crippen LogP contribution is -2.66. The van der Waals surface area contributed by atoms with Crippen LogP contribution in [0.5, 0.6) is 11.6 Å². The van der Waals surface area contributed by atoms with Gasteiger partial charge in [-0.25, -0.2) is 4.98 Å². The highest BCUT2D eigenvalue weighted by atomic mass is 16.5. The summed E-state index contributed by atoms with van der Waals surface area (Å²) in [6.45, 7) is 7.70. The van der Waals surface area contributed by atoms with E-state index < -0.39 is 35.7 Å². The number of pyridine rings is 1. The van der Waals surface area contributed by atoms with Crippen molar-refractivity contribution >= 4 is 5.78 Å². The molecule has 0 unspecified atom stereocenters. The molecule has 1 spiro atoms. The zero-order chi connectivity index (χ0) is 23.9. The van der Waals surface area contributed by atoms with Gasteiger partial charge in [0.25, 0.3) is 5.88 Å².